The Bertz CT molecular complexity index is 4660. The average Bonchev–Trinajstić information content (AvgIpc) is 0.710. The normalized spacial score (nSPS) is 12.6. The molecule has 2 aliphatic rings. The maximum Gasteiger partial charge on any atom is 2.00 e. The van der Waals surface area contributed by atoms with Gasteiger partial charge in [0, 0.05) is 105 Å². The van der Waals surface area contributed by atoms with E-state index in [2.05, 4.69) is 124 Å². The van der Waals surface area contributed by atoms with Crippen LogP contribution in [-0.4, -0.2) is 241 Å². The summed E-state index contributed by atoms with van der Waals surface area (Å²) in [6, 6.07) is 5.01. The molecule has 9 aromatic carbocycles. The fraction of sp³-hybridized carbons (Fsp3) is 0.372. The maximum absolute atomic E-state index is 15.4. The minimum absolute atomic E-state index is 0. The van der Waals surface area contributed by atoms with Crippen molar-refractivity contribution in [3.8, 4) is 11.5 Å². The van der Waals surface area contributed by atoms with Gasteiger partial charge in [0.25, 0.3) is 0 Å². The van der Waals surface area contributed by atoms with Gasteiger partial charge in [-0.15, -0.1) is 55.2 Å². The molecular formula is C86H80B2Co2F40N8O4. The summed E-state index contributed by atoms with van der Waals surface area (Å²) in [6.07, 6.45) is -9.32. The molecule has 0 N–H and O–H groups in total. The molecule has 0 bridgehead atoms. The zero-order chi connectivity index (χ0) is 107. The van der Waals surface area contributed by atoms with E-state index in [1.54, 1.807) is 0 Å². The van der Waals surface area contributed by atoms with Crippen LogP contribution in [0.1, 0.15) is 25.7 Å². The second-order valence-corrected chi connectivity index (χ2v) is 32.2. The third-order valence-electron chi connectivity index (χ3n) is 21.1. The number of halogens is 40. The van der Waals surface area contributed by atoms with Gasteiger partial charge < -0.3 is 49.1 Å². The Balaban J connectivity index is 0.000000490. The van der Waals surface area contributed by atoms with E-state index in [4.69, 9.17) is 9.47 Å². The molecule has 56 heteroatoms. The third kappa shape index (κ3) is 27.8. The van der Waals surface area contributed by atoms with E-state index >= 15 is 70.2 Å². The smallest absolute Gasteiger partial charge is 0.872 e. The van der Waals surface area contributed by atoms with Crippen LogP contribution in [0, 0.1) is 233 Å². The largest absolute Gasteiger partial charge is 2.00 e. The Morgan fingerprint density at radius 2 is 0.268 bits per heavy atom. The second kappa shape index (κ2) is 54.6. The predicted molar refractivity (Wildman–Crippen MR) is 428 cm³/mol. The van der Waals surface area contributed by atoms with Crippen LogP contribution in [0.25, 0.3) is 0 Å². The van der Waals surface area contributed by atoms with Crippen LogP contribution >= 0.6 is 0 Å². The molecule has 792 valence electrons. The Labute approximate surface area is 804 Å². The summed E-state index contributed by atoms with van der Waals surface area (Å²) in [7, 11) is 25.6. The Morgan fingerprint density at radius 1 is 0.176 bits per heavy atom. The first-order valence-electron chi connectivity index (χ1n) is 40.4. The minimum Gasteiger partial charge on any atom is -0.872 e. The summed E-state index contributed by atoms with van der Waals surface area (Å²) >= 11 is 0. The van der Waals surface area contributed by atoms with E-state index in [0.29, 0.717) is 0 Å². The Hall–Kier alpha value is -9.48. The number of likely N-dealkylation sites (N-methyl/N-ethyl adjacent to an activating group) is 6. The molecule has 0 aromatic heterocycles. The molecule has 0 atom stereocenters. The van der Waals surface area contributed by atoms with Crippen LogP contribution in [0.4, 0.5) is 176 Å². The number of nitrogens with zero attached hydrogens (tertiary/aromatic N) is 8. The fourth-order valence-corrected chi connectivity index (χ4v) is 13.9. The summed E-state index contributed by atoms with van der Waals surface area (Å²) < 4.78 is 598. The SMILES string of the molecule is C1CCOC1.C1CCOC1.CN(C)CCN(CCN(C)C)CCN(C)C.CN(C)CCN(CCN(C)C)CCN(C)C.Fc1c(F)c(F)c([B-](c2c(F)c(F)c(F)c(F)c2F)(c2c(F)c(F)c(F)c(F)c2F)c2c(F)c(F)c(F)c(F)c2F)c(F)c1F.Fc1c(F)c(F)c([B-](c2c(F)c(F)c(F)c(F)c2F)(c2c(F)c(F)c(F)c(F)c2F)c2c(F)c(F)c(F)c(F)c2F)c(F)c1F.[Co+2].[Co+2].[O-]c1ccc([O-])cc1. The van der Waals surface area contributed by atoms with Crippen molar-refractivity contribution in [3.63, 3.8) is 0 Å². The van der Waals surface area contributed by atoms with Gasteiger partial charge in [-0.1, -0.05) is 24.3 Å². The van der Waals surface area contributed by atoms with Gasteiger partial charge >= 0.3 is 33.6 Å². The van der Waals surface area contributed by atoms with Crippen molar-refractivity contribution in [1.29, 1.82) is 0 Å². The molecule has 11 rings (SSSR count). The van der Waals surface area contributed by atoms with E-state index in [1.165, 1.54) is 49.9 Å². The van der Waals surface area contributed by atoms with Crippen molar-refractivity contribution >= 4 is 56.0 Å². The van der Waals surface area contributed by atoms with Crippen LogP contribution in [0.2, 0.25) is 0 Å². The zero-order valence-electron chi connectivity index (χ0n) is 75.6. The molecule has 2 radical (unpaired) electrons. The van der Waals surface area contributed by atoms with E-state index in [0.717, 1.165) is 105 Å². The van der Waals surface area contributed by atoms with Crippen LogP contribution in [0.15, 0.2) is 24.3 Å². The molecule has 9 aromatic rings. The zero-order valence-corrected chi connectivity index (χ0v) is 77.7. The first kappa shape index (κ1) is 127. The standard InChI is InChI=1S/2C24BF20.2C12H30N4.C6H6O2.2C4H8O.2Co/c2*26-5-1(6(27)14(35)21(42)13(5)34)25(2-7(28)15(36)22(43)16(37)8(2)29,3-9(30)17(38)23(44)18(39)10(3)31)4-11(32)19(40)24(45)20(41)12(4)33;2*1-13(2)7-10-16(11-8-14(3)4)12-9-15(5)6;7-5-1-2-6(8)4-3-5;2*1-2-4-5-3-1;;/h;;2*7-12H2,1-6H3;1-4,7-8H;2*1-4H2;;/q2*-1;;;;;;2*+2/p-2. The number of rotatable bonds is 26. The number of ether oxygens (including phenoxy) is 2. The summed E-state index contributed by atoms with van der Waals surface area (Å²) in [4.78, 5) is 18.6. The predicted octanol–water partition coefficient (Wildman–Crippen LogP) is 13.1. The van der Waals surface area contributed by atoms with Crippen molar-refractivity contribution in [2.24, 2.45) is 0 Å². The Kier molecular flexibility index (Phi) is 48.7. The third-order valence-corrected chi connectivity index (χ3v) is 21.1. The first-order valence-corrected chi connectivity index (χ1v) is 40.4. The monoisotopic (exact) mass is 2190 g/mol. The van der Waals surface area contributed by atoms with Crippen LogP contribution in [0.5, 0.6) is 11.5 Å². The van der Waals surface area contributed by atoms with Crippen LogP contribution < -0.4 is 53.9 Å². The molecule has 0 aliphatic carbocycles. The van der Waals surface area contributed by atoms with Gasteiger partial charge in [0.05, 0.1) is 0 Å². The van der Waals surface area contributed by atoms with E-state index in [9.17, 15) is 116 Å². The van der Waals surface area contributed by atoms with Crippen molar-refractivity contribution < 1.29 is 229 Å². The quantitative estimate of drug-likeness (QED) is 0.0224. The number of hydrogen-bond acceptors (Lipinski definition) is 12. The van der Waals surface area contributed by atoms with E-state index < -0.39 is 289 Å². The molecule has 2 heterocycles. The summed E-state index contributed by atoms with van der Waals surface area (Å²) in [5.41, 5.74) is -28.7. The van der Waals surface area contributed by atoms with E-state index in [-0.39, 0.29) is 45.1 Å². The van der Waals surface area contributed by atoms with Gasteiger partial charge in [-0.3, -0.25) is 9.80 Å². The summed E-state index contributed by atoms with van der Waals surface area (Å²) in [5.74, 6) is -143. The van der Waals surface area contributed by atoms with Gasteiger partial charge in [0.2, 0.25) is 0 Å². The molecule has 2 aliphatic heterocycles. The Morgan fingerprint density at radius 3 is 0.345 bits per heavy atom. The number of benzene rings is 9. The average molecular weight is 2190 g/mol. The molecule has 0 spiro atoms. The topological polar surface area (TPSA) is 90.5 Å². The van der Waals surface area contributed by atoms with Gasteiger partial charge in [-0.25, -0.2) is 176 Å². The number of hydrogen-bond donors (Lipinski definition) is 0. The van der Waals surface area contributed by atoms with Gasteiger partial charge in [-0.2, -0.15) is 0 Å². The van der Waals surface area contributed by atoms with Gasteiger partial charge in [0.15, 0.2) is 140 Å². The van der Waals surface area contributed by atoms with Gasteiger partial charge in [0.1, 0.15) is 105 Å². The molecule has 12 nitrogen and oxygen atoms in total. The minimum atomic E-state index is -7.22. The van der Waals surface area contributed by atoms with Gasteiger partial charge in [-0.05, 0) is 110 Å². The molecule has 2 fully saturated rings. The molecule has 142 heavy (non-hydrogen) atoms. The second-order valence-electron chi connectivity index (χ2n) is 32.2. The van der Waals surface area contributed by atoms with Crippen molar-refractivity contribution in [2.75, 3.05) is 190 Å². The molecular weight excluding hydrogens is 2110 g/mol. The molecule has 0 saturated carbocycles. The fourth-order valence-electron chi connectivity index (χ4n) is 13.9. The maximum atomic E-state index is 15.4. The van der Waals surface area contributed by atoms with E-state index in [1.807, 2.05) is 0 Å². The van der Waals surface area contributed by atoms with Crippen molar-refractivity contribution in [3.05, 3.63) is 257 Å². The molecule has 0 unspecified atom stereocenters. The molecule has 2 saturated heterocycles. The van der Waals surface area contributed by atoms with Crippen LogP contribution in [0.3, 0.4) is 0 Å². The summed E-state index contributed by atoms with van der Waals surface area (Å²) in [5, 5.41) is 20.6. The first-order chi connectivity index (χ1) is 65.0. The van der Waals surface area contributed by atoms with Crippen LogP contribution in [-0.2, 0) is 43.0 Å². The van der Waals surface area contributed by atoms with Crippen molar-refractivity contribution in [2.45, 2.75) is 25.7 Å². The van der Waals surface area contributed by atoms with Crippen molar-refractivity contribution in [1.82, 2.24) is 39.2 Å². The summed E-state index contributed by atoms with van der Waals surface area (Å²) in [6.45, 7) is 17.8. The molecule has 0 amide bonds.